The molecule has 0 amide bonds. The van der Waals surface area contributed by atoms with Gasteiger partial charge in [-0.3, -0.25) is 0 Å². The first-order chi connectivity index (χ1) is 8.65. The van der Waals surface area contributed by atoms with Crippen molar-refractivity contribution < 1.29 is 4.42 Å². The van der Waals surface area contributed by atoms with Crippen molar-refractivity contribution in [3.8, 4) is 0 Å². The maximum Gasteiger partial charge on any atom is 0.230 e. The standard InChI is InChI=1S/C14H19N3O/c1-10(2)13-6-4-12(5-7-13)8-15-9-14-17-16-11(3)18-14/h4-7,10,15H,8-9H2,1-3H3. The van der Waals surface area contributed by atoms with Crippen molar-refractivity contribution in [3.63, 3.8) is 0 Å². The van der Waals surface area contributed by atoms with Gasteiger partial charge in [0.05, 0.1) is 6.54 Å². The van der Waals surface area contributed by atoms with Gasteiger partial charge in [0.25, 0.3) is 0 Å². The normalized spacial score (nSPS) is 11.1. The van der Waals surface area contributed by atoms with E-state index in [0.29, 0.717) is 24.2 Å². The Hall–Kier alpha value is -1.68. The quantitative estimate of drug-likeness (QED) is 0.880. The second kappa shape index (κ2) is 5.78. The number of benzene rings is 1. The Morgan fingerprint density at radius 2 is 1.83 bits per heavy atom. The lowest BCUT2D eigenvalue weighted by atomic mass is 10.0. The third-order valence-electron chi connectivity index (χ3n) is 2.82. The summed E-state index contributed by atoms with van der Waals surface area (Å²) in [5, 5.41) is 11.0. The number of aromatic nitrogens is 2. The predicted octanol–water partition coefficient (Wildman–Crippen LogP) is 2.79. The average molecular weight is 245 g/mol. The maximum atomic E-state index is 5.29. The van der Waals surface area contributed by atoms with Gasteiger partial charge in [-0.2, -0.15) is 0 Å². The highest BCUT2D eigenvalue weighted by Gasteiger charge is 2.02. The van der Waals surface area contributed by atoms with Gasteiger partial charge in [-0.15, -0.1) is 10.2 Å². The Morgan fingerprint density at radius 3 is 2.39 bits per heavy atom. The van der Waals surface area contributed by atoms with E-state index >= 15 is 0 Å². The van der Waals surface area contributed by atoms with E-state index in [1.54, 1.807) is 6.92 Å². The largest absolute Gasteiger partial charge is 0.424 e. The summed E-state index contributed by atoms with van der Waals surface area (Å²) in [5.74, 6) is 1.81. The lowest BCUT2D eigenvalue weighted by Crippen LogP contribution is -2.12. The summed E-state index contributed by atoms with van der Waals surface area (Å²) in [5.41, 5.74) is 2.63. The van der Waals surface area contributed by atoms with Crippen LogP contribution in [-0.2, 0) is 13.1 Å². The molecule has 96 valence electrons. The van der Waals surface area contributed by atoms with Gasteiger partial charge >= 0.3 is 0 Å². The van der Waals surface area contributed by atoms with Gasteiger partial charge in [0, 0.05) is 13.5 Å². The molecular formula is C14H19N3O. The van der Waals surface area contributed by atoms with Crippen LogP contribution in [0.15, 0.2) is 28.7 Å². The summed E-state index contributed by atoms with van der Waals surface area (Å²) in [7, 11) is 0. The Labute approximate surface area is 107 Å². The zero-order valence-corrected chi connectivity index (χ0v) is 11.1. The van der Waals surface area contributed by atoms with Crippen molar-refractivity contribution in [1.82, 2.24) is 15.5 Å². The lowest BCUT2D eigenvalue weighted by molar-refractivity contribution is 0.446. The number of hydrogen-bond acceptors (Lipinski definition) is 4. The summed E-state index contributed by atoms with van der Waals surface area (Å²) in [6, 6.07) is 8.67. The van der Waals surface area contributed by atoms with Gasteiger partial charge in [-0.1, -0.05) is 38.1 Å². The maximum absolute atomic E-state index is 5.29. The highest BCUT2D eigenvalue weighted by atomic mass is 16.4. The SMILES string of the molecule is Cc1nnc(CNCc2ccc(C(C)C)cc2)o1. The summed E-state index contributed by atoms with van der Waals surface area (Å²) >= 11 is 0. The topological polar surface area (TPSA) is 51.0 Å². The lowest BCUT2D eigenvalue weighted by Gasteiger charge is -2.07. The van der Waals surface area contributed by atoms with E-state index in [1.165, 1.54) is 11.1 Å². The van der Waals surface area contributed by atoms with Crippen molar-refractivity contribution in [1.29, 1.82) is 0 Å². The zero-order chi connectivity index (χ0) is 13.0. The van der Waals surface area contributed by atoms with Gasteiger partial charge in [-0.05, 0) is 17.0 Å². The second-order valence-electron chi connectivity index (χ2n) is 4.71. The highest BCUT2D eigenvalue weighted by molar-refractivity contribution is 5.24. The molecule has 0 fully saturated rings. The molecule has 0 unspecified atom stereocenters. The molecule has 18 heavy (non-hydrogen) atoms. The number of rotatable bonds is 5. The Morgan fingerprint density at radius 1 is 1.11 bits per heavy atom. The van der Waals surface area contributed by atoms with E-state index in [9.17, 15) is 0 Å². The molecule has 0 aliphatic rings. The molecule has 1 aromatic heterocycles. The molecule has 0 bridgehead atoms. The van der Waals surface area contributed by atoms with Crippen LogP contribution >= 0.6 is 0 Å². The van der Waals surface area contributed by atoms with Crippen LogP contribution in [0.25, 0.3) is 0 Å². The van der Waals surface area contributed by atoms with E-state index in [4.69, 9.17) is 4.42 Å². The van der Waals surface area contributed by atoms with E-state index in [2.05, 4.69) is 53.6 Å². The third-order valence-corrected chi connectivity index (χ3v) is 2.82. The van der Waals surface area contributed by atoms with E-state index < -0.39 is 0 Å². The van der Waals surface area contributed by atoms with Crippen LogP contribution in [0.5, 0.6) is 0 Å². The molecule has 1 aromatic carbocycles. The molecule has 2 aromatic rings. The van der Waals surface area contributed by atoms with Gasteiger partial charge in [0.2, 0.25) is 11.8 Å². The molecule has 0 saturated heterocycles. The molecule has 0 radical (unpaired) electrons. The van der Waals surface area contributed by atoms with Crippen LogP contribution in [0.1, 0.15) is 42.7 Å². The van der Waals surface area contributed by atoms with Crippen LogP contribution in [-0.4, -0.2) is 10.2 Å². The Kier molecular flexibility index (Phi) is 4.10. The third kappa shape index (κ3) is 3.40. The van der Waals surface area contributed by atoms with E-state index in [1.807, 2.05) is 0 Å². The summed E-state index contributed by atoms with van der Waals surface area (Å²) in [6.07, 6.45) is 0. The molecule has 0 aliphatic heterocycles. The fraction of sp³-hybridized carbons (Fsp3) is 0.429. The van der Waals surface area contributed by atoms with Gasteiger partial charge in [0.1, 0.15) is 0 Å². The van der Waals surface area contributed by atoms with E-state index in [0.717, 1.165) is 6.54 Å². The first-order valence-corrected chi connectivity index (χ1v) is 6.23. The van der Waals surface area contributed by atoms with Gasteiger partial charge < -0.3 is 9.73 Å². The molecule has 0 aliphatic carbocycles. The van der Waals surface area contributed by atoms with Crippen LogP contribution < -0.4 is 5.32 Å². The molecule has 4 nitrogen and oxygen atoms in total. The average Bonchev–Trinajstić information content (AvgIpc) is 2.76. The molecule has 0 saturated carbocycles. The minimum atomic E-state index is 0.577. The van der Waals surface area contributed by atoms with Crippen molar-refractivity contribution >= 4 is 0 Å². The molecule has 1 heterocycles. The first kappa shape index (κ1) is 12.8. The van der Waals surface area contributed by atoms with Crippen LogP contribution in [0.4, 0.5) is 0 Å². The monoisotopic (exact) mass is 245 g/mol. The van der Waals surface area contributed by atoms with Gasteiger partial charge in [0.15, 0.2) is 0 Å². The molecular weight excluding hydrogens is 226 g/mol. The van der Waals surface area contributed by atoms with Crippen molar-refractivity contribution in [3.05, 3.63) is 47.2 Å². The smallest absolute Gasteiger partial charge is 0.230 e. The predicted molar refractivity (Wildman–Crippen MR) is 70.1 cm³/mol. The molecule has 2 rings (SSSR count). The zero-order valence-electron chi connectivity index (χ0n) is 11.1. The number of nitrogens with zero attached hydrogens (tertiary/aromatic N) is 2. The molecule has 4 heteroatoms. The number of hydrogen-bond donors (Lipinski definition) is 1. The fourth-order valence-electron chi connectivity index (χ4n) is 1.74. The van der Waals surface area contributed by atoms with Crippen molar-refractivity contribution in [2.24, 2.45) is 0 Å². The van der Waals surface area contributed by atoms with Crippen molar-refractivity contribution in [2.45, 2.75) is 39.8 Å². The van der Waals surface area contributed by atoms with Crippen molar-refractivity contribution in [2.75, 3.05) is 0 Å². The Bertz CT molecular complexity index is 488. The number of nitrogens with one attached hydrogen (secondary N) is 1. The number of aryl methyl sites for hydroxylation is 1. The van der Waals surface area contributed by atoms with E-state index in [-0.39, 0.29) is 0 Å². The summed E-state index contributed by atoms with van der Waals surface area (Å²) < 4.78 is 5.29. The highest BCUT2D eigenvalue weighted by Crippen LogP contribution is 2.14. The van der Waals surface area contributed by atoms with Crippen LogP contribution in [0, 0.1) is 6.92 Å². The Balaban J connectivity index is 1.83. The summed E-state index contributed by atoms with van der Waals surface area (Å²) in [6.45, 7) is 7.60. The molecule has 1 N–H and O–H groups in total. The first-order valence-electron chi connectivity index (χ1n) is 6.23. The second-order valence-corrected chi connectivity index (χ2v) is 4.71. The van der Waals surface area contributed by atoms with Gasteiger partial charge in [-0.25, -0.2) is 0 Å². The fourth-order valence-corrected chi connectivity index (χ4v) is 1.74. The van der Waals surface area contributed by atoms with Crippen LogP contribution in [0.2, 0.25) is 0 Å². The molecule has 0 atom stereocenters. The minimum absolute atomic E-state index is 0.577. The van der Waals surface area contributed by atoms with Crippen LogP contribution in [0.3, 0.4) is 0 Å². The minimum Gasteiger partial charge on any atom is -0.424 e. The summed E-state index contributed by atoms with van der Waals surface area (Å²) in [4.78, 5) is 0. The molecule has 0 spiro atoms.